The highest BCUT2D eigenvalue weighted by molar-refractivity contribution is 4.93. The zero-order valence-electron chi connectivity index (χ0n) is 8.97. The van der Waals surface area contributed by atoms with Crippen LogP contribution in [0.2, 0.25) is 0 Å². The molecule has 1 fully saturated rings. The van der Waals surface area contributed by atoms with E-state index in [-0.39, 0.29) is 5.54 Å². The van der Waals surface area contributed by atoms with Gasteiger partial charge < -0.3 is 16.0 Å². The number of nitrogens with two attached hydrogens (primary N) is 1. The summed E-state index contributed by atoms with van der Waals surface area (Å²) in [5.74, 6) is 0. The maximum absolute atomic E-state index is 5.84. The predicted molar refractivity (Wildman–Crippen MR) is 56.8 cm³/mol. The summed E-state index contributed by atoms with van der Waals surface area (Å²) in [6, 6.07) is 0. The summed E-state index contributed by atoms with van der Waals surface area (Å²) in [6.07, 6.45) is 3.58. The summed E-state index contributed by atoms with van der Waals surface area (Å²) in [7, 11) is 2.18. The van der Waals surface area contributed by atoms with Crippen LogP contribution in [0, 0.1) is 0 Å². The van der Waals surface area contributed by atoms with Gasteiger partial charge in [-0.25, -0.2) is 0 Å². The second-order valence-electron chi connectivity index (χ2n) is 4.21. The van der Waals surface area contributed by atoms with Crippen LogP contribution in [0.15, 0.2) is 0 Å². The lowest BCUT2D eigenvalue weighted by Crippen LogP contribution is -2.57. The molecule has 3 heteroatoms. The molecule has 0 aromatic heterocycles. The number of rotatable bonds is 4. The molecule has 0 amide bonds. The summed E-state index contributed by atoms with van der Waals surface area (Å²) < 4.78 is 0. The molecule has 0 aliphatic carbocycles. The van der Waals surface area contributed by atoms with Crippen LogP contribution in [-0.4, -0.2) is 43.7 Å². The molecular formula is C10H23N3. The molecule has 1 heterocycles. The van der Waals surface area contributed by atoms with Gasteiger partial charge in [-0.05, 0) is 45.9 Å². The minimum atomic E-state index is 0.239. The smallest absolute Gasteiger partial charge is 0.0328 e. The number of hydrogen-bond acceptors (Lipinski definition) is 3. The van der Waals surface area contributed by atoms with Gasteiger partial charge in [0, 0.05) is 12.1 Å². The van der Waals surface area contributed by atoms with Gasteiger partial charge >= 0.3 is 0 Å². The minimum absolute atomic E-state index is 0.239. The molecule has 13 heavy (non-hydrogen) atoms. The van der Waals surface area contributed by atoms with Crippen LogP contribution in [0.5, 0.6) is 0 Å². The van der Waals surface area contributed by atoms with Crippen LogP contribution in [0.1, 0.15) is 26.2 Å². The normalized spacial score (nSPS) is 23.3. The van der Waals surface area contributed by atoms with E-state index in [2.05, 4.69) is 24.2 Å². The first kappa shape index (κ1) is 11.0. The Kier molecular flexibility index (Phi) is 4.16. The molecule has 0 unspecified atom stereocenters. The molecule has 3 N–H and O–H groups in total. The molecule has 1 aliphatic rings. The Hall–Kier alpha value is -0.120. The van der Waals surface area contributed by atoms with Gasteiger partial charge in [0.2, 0.25) is 0 Å². The van der Waals surface area contributed by atoms with Gasteiger partial charge in [0.05, 0.1) is 0 Å². The van der Waals surface area contributed by atoms with E-state index in [1.165, 1.54) is 32.4 Å². The van der Waals surface area contributed by atoms with Gasteiger partial charge in [0.15, 0.2) is 0 Å². The van der Waals surface area contributed by atoms with E-state index >= 15 is 0 Å². The highest BCUT2D eigenvalue weighted by atomic mass is 15.1. The zero-order valence-corrected chi connectivity index (χ0v) is 8.97. The van der Waals surface area contributed by atoms with Gasteiger partial charge in [-0.2, -0.15) is 0 Å². The lowest BCUT2D eigenvalue weighted by Gasteiger charge is -2.40. The number of nitrogens with zero attached hydrogens (tertiary/aromatic N) is 1. The Morgan fingerprint density at radius 3 is 2.46 bits per heavy atom. The molecule has 0 aromatic rings. The van der Waals surface area contributed by atoms with Crippen molar-refractivity contribution >= 4 is 0 Å². The van der Waals surface area contributed by atoms with Crippen LogP contribution >= 0.6 is 0 Å². The fourth-order valence-corrected chi connectivity index (χ4v) is 1.89. The SMILES string of the molecule is CCCNC1(CN)CCN(C)CC1. The average Bonchev–Trinajstić information content (AvgIpc) is 2.18. The molecule has 0 aromatic carbocycles. The van der Waals surface area contributed by atoms with Gasteiger partial charge in [-0.1, -0.05) is 6.92 Å². The topological polar surface area (TPSA) is 41.3 Å². The van der Waals surface area contributed by atoms with Crippen molar-refractivity contribution < 1.29 is 0 Å². The maximum atomic E-state index is 5.84. The molecular weight excluding hydrogens is 162 g/mol. The van der Waals surface area contributed by atoms with E-state index in [0.717, 1.165) is 13.1 Å². The summed E-state index contributed by atoms with van der Waals surface area (Å²) in [5.41, 5.74) is 6.08. The lowest BCUT2D eigenvalue weighted by molar-refractivity contribution is 0.162. The van der Waals surface area contributed by atoms with E-state index in [0.29, 0.717) is 0 Å². The lowest BCUT2D eigenvalue weighted by atomic mass is 9.87. The molecule has 0 spiro atoms. The quantitative estimate of drug-likeness (QED) is 0.666. The fourth-order valence-electron chi connectivity index (χ4n) is 1.89. The van der Waals surface area contributed by atoms with Crippen molar-refractivity contribution in [3.8, 4) is 0 Å². The van der Waals surface area contributed by atoms with Gasteiger partial charge in [0.1, 0.15) is 0 Å². The van der Waals surface area contributed by atoms with Crippen molar-refractivity contribution in [3.05, 3.63) is 0 Å². The van der Waals surface area contributed by atoms with Crippen molar-refractivity contribution in [1.29, 1.82) is 0 Å². The van der Waals surface area contributed by atoms with Crippen LogP contribution in [-0.2, 0) is 0 Å². The zero-order chi connectivity index (χ0) is 9.73. The molecule has 1 saturated heterocycles. The van der Waals surface area contributed by atoms with Crippen molar-refractivity contribution in [3.63, 3.8) is 0 Å². The molecule has 0 atom stereocenters. The summed E-state index contributed by atoms with van der Waals surface area (Å²) in [4.78, 5) is 2.38. The van der Waals surface area contributed by atoms with Crippen LogP contribution in [0.3, 0.4) is 0 Å². The minimum Gasteiger partial charge on any atom is -0.329 e. The first-order valence-electron chi connectivity index (χ1n) is 5.36. The van der Waals surface area contributed by atoms with E-state index in [4.69, 9.17) is 5.73 Å². The van der Waals surface area contributed by atoms with Gasteiger partial charge in [-0.15, -0.1) is 0 Å². The largest absolute Gasteiger partial charge is 0.329 e. The third-order valence-electron chi connectivity index (χ3n) is 3.08. The van der Waals surface area contributed by atoms with Crippen LogP contribution in [0.25, 0.3) is 0 Å². The average molecular weight is 185 g/mol. The summed E-state index contributed by atoms with van der Waals surface area (Å²) in [5, 5.41) is 3.60. The van der Waals surface area contributed by atoms with E-state index in [9.17, 15) is 0 Å². The molecule has 78 valence electrons. The standard InChI is InChI=1S/C10H23N3/c1-3-6-12-10(9-11)4-7-13(2)8-5-10/h12H,3-9,11H2,1-2H3. The Morgan fingerprint density at radius 2 is 2.00 bits per heavy atom. The molecule has 1 rings (SSSR count). The Bertz CT molecular complexity index is 134. The summed E-state index contributed by atoms with van der Waals surface area (Å²) in [6.45, 7) is 6.43. The van der Waals surface area contributed by atoms with E-state index in [1.54, 1.807) is 0 Å². The molecule has 0 radical (unpaired) electrons. The van der Waals surface area contributed by atoms with Crippen molar-refractivity contribution in [2.45, 2.75) is 31.7 Å². The fraction of sp³-hybridized carbons (Fsp3) is 1.00. The van der Waals surface area contributed by atoms with Crippen molar-refractivity contribution in [2.75, 3.05) is 33.2 Å². The monoisotopic (exact) mass is 185 g/mol. The Labute approximate surface area is 81.7 Å². The first-order valence-corrected chi connectivity index (χ1v) is 5.36. The highest BCUT2D eigenvalue weighted by Crippen LogP contribution is 2.20. The predicted octanol–water partition coefficient (Wildman–Crippen LogP) is 0.409. The molecule has 0 saturated carbocycles. The molecule has 1 aliphatic heterocycles. The Morgan fingerprint density at radius 1 is 1.38 bits per heavy atom. The Balaban J connectivity index is 2.40. The second-order valence-corrected chi connectivity index (χ2v) is 4.21. The van der Waals surface area contributed by atoms with Crippen molar-refractivity contribution in [2.24, 2.45) is 5.73 Å². The third kappa shape index (κ3) is 2.93. The van der Waals surface area contributed by atoms with Gasteiger partial charge in [0.25, 0.3) is 0 Å². The van der Waals surface area contributed by atoms with Crippen molar-refractivity contribution in [1.82, 2.24) is 10.2 Å². The maximum Gasteiger partial charge on any atom is 0.0328 e. The molecule has 3 nitrogen and oxygen atoms in total. The first-order chi connectivity index (χ1) is 6.22. The highest BCUT2D eigenvalue weighted by Gasteiger charge is 2.31. The summed E-state index contributed by atoms with van der Waals surface area (Å²) >= 11 is 0. The number of nitrogens with one attached hydrogen (secondary N) is 1. The van der Waals surface area contributed by atoms with Crippen LogP contribution in [0.4, 0.5) is 0 Å². The van der Waals surface area contributed by atoms with Gasteiger partial charge in [-0.3, -0.25) is 0 Å². The number of piperidine rings is 1. The number of likely N-dealkylation sites (tertiary alicyclic amines) is 1. The van der Waals surface area contributed by atoms with E-state index < -0.39 is 0 Å². The van der Waals surface area contributed by atoms with E-state index in [1.807, 2.05) is 0 Å². The number of hydrogen-bond donors (Lipinski definition) is 2. The van der Waals surface area contributed by atoms with Crippen LogP contribution < -0.4 is 11.1 Å². The second kappa shape index (κ2) is 4.94. The molecule has 0 bridgehead atoms. The third-order valence-corrected chi connectivity index (χ3v) is 3.08.